The average molecular weight is 950 g/mol. The van der Waals surface area contributed by atoms with Crippen LogP contribution in [-0.4, -0.2) is 159 Å². The van der Waals surface area contributed by atoms with E-state index in [1.54, 1.807) is 6.20 Å². The molecule has 0 radical (unpaired) electrons. The quantitative estimate of drug-likeness (QED) is 0.0525. The van der Waals surface area contributed by atoms with Gasteiger partial charge >= 0.3 is 16.4 Å². The summed E-state index contributed by atoms with van der Waals surface area (Å²) in [6.07, 6.45) is 2.39. The van der Waals surface area contributed by atoms with Crippen LogP contribution in [0.25, 0.3) is 0 Å². The highest BCUT2D eigenvalue weighted by atomic mass is 32.3. The summed E-state index contributed by atoms with van der Waals surface area (Å²) in [6.45, 7) is -0.321. The van der Waals surface area contributed by atoms with Gasteiger partial charge in [0, 0.05) is 49.1 Å². The maximum absolute atomic E-state index is 13.6. The molecule has 8 amide bonds. The van der Waals surface area contributed by atoms with Crippen LogP contribution in [-0.2, 0) is 45.6 Å². The molecule has 3 rings (SSSR count). The van der Waals surface area contributed by atoms with E-state index in [9.17, 15) is 48.9 Å². The minimum atomic E-state index is -4.67. The summed E-state index contributed by atoms with van der Waals surface area (Å²) >= 11 is 4.82. The highest BCUT2D eigenvalue weighted by Gasteiger charge is 2.37. The smallest absolute Gasteiger partial charge is 0.394 e. The minimum absolute atomic E-state index is 0.247. The molecule has 64 heavy (non-hydrogen) atoms. The largest absolute Gasteiger partial charge is 0.394 e. The molecule has 1 aromatic rings. The zero-order valence-electron chi connectivity index (χ0n) is 34.2. The van der Waals surface area contributed by atoms with Gasteiger partial charge in [-0.15, -0.1) is 0 Å². The Morgan fingerprint density at radius 3 is 2.16 bits per heavy atom. The van der Waals surface area contributed by atoms with Gasteiger partial charge in [-0.25, -0.2) is 9.79 Å². The van der Waals surface area contributed by atoms with Crippen LogP contribution in [0.5, 0.6) is 0 Å². The van der Waals surface area contributed by atoms with Gasteiger partial charge in [-0.3, -0.25) is 42.9 Å². The van der Waals surface area contributed by atoms with Crippen molar-refractivity contribution in [2.45, 2.75) is 81.5 Å². The number of guanidine groups is 1. The first-order valence-electron chi connectivity index (χ1n) is 18.9. The molecular formula is C33H55N15O14S2. The first-order valence-corrected chi connectivity index (χ1v) is 20.7. The average Bonchev–Trinajstić information content (AvgIpc) is 3.21. The van der Waals surface area contributed by atoms with E-state index >= 15 is 0 Å². The minimum Gasteiger partial charge on any atom is -0.394 e. The molecule has 0 aromatic carbocycles. The fraction of sp³-hybridized carbons (Fsp3) is 0.515. The van der Waals surface area contributed by atoms with Gasteiger partial charge in [0.15, 0.2) is 5.96 Å². The number of hydrogen-bond donors (Lipinski definition) is 18. The van der Waals surface area contributed by atoms with Gasteiger partial charge < -0.3 is 86.5 Å². The number of carbonyl (C=O) groups is 7. The van der Waals surface area contributed by atoms with Crippen molar-refractivity contribution in [3.8, 4) is 0 Å². The molecule has 0 saturated carbocycles. The van der Waals surface area contributed by atoms with Crippen LogP contribution in [0.15, 0.2) is 35.2 Å². The Morgan fingerprint density at radius 2 is 1.61 bits per heavy atom. The van der Waals surface area contributed by atoms with Gasteiger partial charge in [-0.2, -0.15) is 8.42 Å². The number of nitrogens with zero attached hydrogens (tertiary/aromatic N) is 2. The molecule has 1 saturated heterocycles. The Hall–Kier alpha value is -6.19. The number of thiocarbonyl (C=S) groups is 1. The van der Waals surface area contributed by atoms with Gasteiger partial charge in [0.25, 0.3) is 5.91 Å². The van der Waals surface area contributed by atoms with Crippen LogP contribution in [0.4, 0.5) is 4.79 Å². The second-order valence-electron chi connectivity index (χ2n) is 13.4. The molecular weight excluding hydrogens is 895 g/mol. The number of primary amides is 1. The Morgan fingerprint density at radius 1 is 1.00 bits per heavy atom. The predicted molar refractivity (Wildman–Crippen MR) is 228 cm³/mol. The first-order chi connectivity index (χ1) is 29.9. The maximum Gasteiger partial charge on any atom is 0.394 e. The number of rotatable bonds is 12. The van der Waals surface area contributed by atoms with Crippen LogP contribution in [0.1, 0.15) is 43.9 Å². The summed E-state index contributed by atoms with van der Waals surface area (Å²) in [5.41, 5.74) is 28.8. The van der Waals surface area contributed by atoms with E-state index in [-0.39, 0.29) is 18.8 Å². The molecule has 4 unspecified atom stereocenters. The lowest BCUT2D eigenvalue weighted by Gasteiger charge is -2.31. The third kappa shape index (κ3) is 21.7. The lowest BCUT2D eigenvalue weighted by atomic mass is 10.0. The van der Waals surface area contributed by atoms with E-state index in [0.29, 0.717) is 30.6 Å². The summed E-state index contributed by atoms with van der Waals surface area (Å²) < 4.78 is 31.6. The zero-order valence-corrected chi connectivity index (χ0v) is 35.9. The van der Waals surface area contributed by atoms with Gasteiger partial charge in [0.2, 0.25) is 29.5 Å². The number of carbonyl (C=O) groups excluding carboxylic acids is 7. The number of aliphatic hydroxyl groups is 3. The number of urea groups is 1. The number of aliphatic imine (C=N–C) groups is 1. The van der Waals surface area contributed by atoms with Crippen molar-refractivity contribution in [3.05, 3.63) is 41.5 Å². The Bertz CT molecular complexity index is 1980. The molecule has 0 spiro atoms. The van der Waals surface area contributed by atoms with Gasteiger partial charge in [-0.1, -0.05) is 19.1 Å². The van der Waals surface area contributed by atoms with Crippen LogP contribution in [0, 0.1) is 0 Å². The van der Waals surface area contributed by atoms with Crippen LogP contribution in [0.3, 0.4) is 0 Å². The molecule has 31 heteroatoms. The van der Waals surface area contributed by atoms with Crippen LogP contribution < -0.4 is 71.2 Å². The lowest BCUT2D eigenvalue weighted by Crippen LogP contribution is -2.63. The first kappa shape index (κ1) is 55.8. The molecule has 0 aliphatic carbocycles. The molecule has 358 valence electrons. The normalized spacial score (nSPS) is 23.2. The van der Waals surface area contributed by atoms with Crippen molar-refractivity contribution < 1.29 is 66.4 Å². The number of aliphatic hydroxyl groups excluding tert-OH is 3. The van der Waals surface area contributed by atoms with E-state index in [1.807, 2.05) is 24.4 Å². The van der Waals surface area contributed by atoms with Gasteiger partial charge in [0.05, 0.1) is 19.3 Å². The SMILES string of the molecule is CCc1cc(C(N)=S)ccn1.NCCCC(N)CC(=O)NC1CNC(=O)[C@@H]([C@H]2C[C@H](O)NC(N)=N2)NC(=O)/C(=C/NC(N)=O)NC(=O)C(CO)NC(=O)C(CO)NC1=O.O=S(=O)(O)O. The molecule has 2 aliphatic heterocycles. The maximum atomic E-state index is 13.6. The van der Waals surface area contributed by atoms with E-state index in [4.69, 9.17) is 58.4 Å². The lowest BCUT2D eigenvalue weighted by molar-refractivity contribution is -0.135. The van der Waals surface area contributed by atoms with E-state index in [0.717, 1.165) is 17.7 Å². The summed E-state index contributed by atoms with van der Waals surface area (Å²) in [6, 6.07) is -6.06. The van der Waals surface area contributed by atoms with E-state index < -0.39 is 120 Å². The second kappa shape index (κ2) is 27.8. The summed E-state index contributed by atoms with van der Waals surface area (Å²) in [4.78, 5) is 98.8. The van der Waals surface area contributed by atoms with Crippen molar-refractivity contribution in [3.63, 3.8) is 0 Å². The van der Waals surface area contributed by atoms with Crippen LogP contribution in [0.2, 0.25) is 0 Å². The molecule has 1 aromatic heterocycles. The highest BCUT2D eigenvalue weighted by Crippen LogP contribution is 2.13. The molecule has 0 bridgehead atoms. The number of amides is 8. The Labute approximate surface area is 371 Å². The molecule has 23 N–H and O–H groups in total. The van der Waals surface area contributed by atoms with Crippen molar-refractivity contribution in [1.29, 1.82) is 0 Å². The summed E-state index contributed by atoms with van der Waals surface area (Å²) in [5, 5.41) is 47.7. The topological polar surface area (TPSA) is 506 Å². The molecule has 7 atom stereocenters. The van der Waals surface area contributed by atoms with Crippen molar-refractivity contribution in [2.24, 2.45) is 33.7 Å². The second-order valence-corrected chi connectivity index (χ2v) is 14.8. The number of nitrogens with two attached hydrogens (primary N) is 5. The van der Waals surface area contributed by atoms with E-state index in [2.05, 4.69) is 47.2 Å². The third-order valence-corrected chi connectivity index (χ3v) is 8.59. The standard InChI is InChI=1S/C25H43N13O10.C8H10N2S.H2O4S/c26-3-1-2-10(27)4-16(41)32-12-6-30-23(47)18(11-5-17(42)37-24(28)36-11)38-20(44)13(7-31-25(29)48)33-21(45)14(8-39)35-22(46)15(9-40)34-19(12)43;1-2-7-5-6(8(9)11)3-4-10-7;1-5(2,3)4/h7,10-12,14-15,17-18,39-40,42H,1-6,8-9,26-27H2,(H,30,47)(H,32,41)(H,33,45)(H,34,43)(H,35,46)(H,38,44)(H3,28,36,37)(H3,29,31,48);3-5H,2H2,1H3,(H2,9,11);(H2,1,2,3,4)/b13-7-;;/t10?,11-,12?,14?,15?,17+,18-;;/m1../s1. The summed E-state index contributed by atoms with van der Waals surface area (Å²) in [7, 11) is -4.67. The molecule has 1 fully saturated rings. The predicted octanol–water partition coefficient (Wildman–Crippen LogP) is -8.26. The number of hydrogen-bond acceptors (Lipinski definition) is 19. The monoisotopic (exact) mass is 949 g/mol. The summed E-state index contributed by atoms with van der Waals surface area (Å²) in [5.74, 6) is -6.69. The van der Waals surface area contributed by atoms with Crippen molar-refractivity contribution >= 4 is 75.0 Å². The fourth-order valence-corrected chi connectivity index (χ4v) is 5.39. The number of nitrogens with one attached hydrogen (secondary N) is 8. The third-order valence-electron chi connectivity index (χ3n) is 8.35. The number of aromatic nitrogens is 1. The zero-order chi connectivity index (χ0) is 48.7. The highest BCUT2D eigenvalue weighted by molar-refractivity contribution is 7.80. The van der Waals surface area contributed by atoms with E-state index in [1.165, 1.54) is 0 Å². The molecule has 2 aliphatic rings. The Balaban J connectivity index is 0.00000107. The number of aryl methyl sites for hydroxylation is 1. The van der Waals surface area contributed by atoms with Gasteiger partial charge in [0.1, 0.15) is 41.1 Å². The van der Waals surface area contributed by atoms with Crippen LogP contribution >= 0.6 is 12.2 Å². The van der Waals surface area contributed by atoms with Crippen molar-refractivity contribution in [1.82, 2.24) is 47.5 Å². The van der Waals surface area contributed by atoms with Crippen molar-refractivity contribution in [2.75, 3.05) is 26.3 Å². The molecule has 29 nitrogen and oxygen atoms in total. The fourth-order valence-electron chi connectivity index (χ4n) is 5.27. The number of pyridine rings is 1. The van der Waals surface area contributed by atoms with Gasteiger partial charge in [-0.05, 0) is 37.9 Å². The Kier molecular flexibility index (Phi) is 24.2. The molecule has 3 heterocycles.